The standard InChI is InChI=1S/C16H23NO5S/c1-20-16(8-2-9-16)12-23(18,19)17-13-3-5-14(6-4-13)22-15-7-10-21-11-15/h3-6,15,17H,2,7-12H2,1H3. The maximum absolute atomic E-state index is 12.3. The Morgan fingerprint density at radius 3 is 2.57 bits per heavy atom. The molecule has 2 fully saturated rings. The molecule has 1 aromatic rings. The second-order valence-electron chi connectivity index (χ2n) is 6.23. The van der Waals surface area contributed by atoms with Gasteiger partial charge in [0.05, 0.1) is 24.6 Å². The highest BCUT2D eigenvalue weighted by atomic mass is 32.2. The van der Waals surface area contributed by atoms with Crippen molar-refractivity contribution in [2.45, 2.75) is 37.4 Å². The molecule has 0 radical (unpaired) electrons. The van der Waals surface area contributed by atoms with Gasteiger partial charge in [0, 0.05) is 19.2 Å². The van der Waals surface area contributed by atoms with Crippen LogP contribution in [0.25, 0.3) is 0 Å². The number of nitrogens with one attached hydrogen (secondary N) is 1. The van der Waals surface area contributed by atoms with E-state index >= 15 is 0 Å². The van der Waals surface area contributed by atoms with Crippen LogP contribution in [0.2, 0.25) is 0 Å². The van der Waals surface area contributed by atoms with Crippen molar-refractivity contribution in [2.75, 3.05) is 30.8 Å². The summed E-state index contributed by atoms with van der Waals surface area (Å²) in [6, 6.07) is 6.96. The van der Waals surface area contributed by atoms with Crippen LogP contribution < -0.4 is 9.46 Å². The van der Waals surface area contributed by atoms with Gasteiger partial charge in [0.1, 0.15) is 11.9 Å². The van der Waals surface area contributed by atoms with E-state index in [-0.39, 0.29) is 11.9 Å². The molecule has 3 rings (SSSR count). The van der Waals surface area contributed by atoms with E-state index in [4.69, 9.17) is 14.2 Å². The molecule has 2 aliphatic rings. The highest BCUT2D eigenvalue weighted by Gasteiger charge is 2.41. The molecule has 1 atom stereocenters. The van der Waals surface area contributed by atoms with Crippen molar-refractivity contribution in [3.8, 4) is 5.75 Å². The van der Waals surface area contributed by atoms with Gasteiger partial charge in [-0.25, -0.2) is 8.42 Å². The first-order valence-electron chi connectivity index (χ1n) is 7.90. The monoisotopic (exact) mass is 341 g/mol. The average molecular weight is 341 g/mol. The first-order valence-corrected chi connectivity index (χ1v) is 9.56. The first kappa shape index (κ1) is 16.5. The topological polar surface area (TPSA) is 73.9 Å². The van der Waals surface area contributed by atoms with Crippen LogP contribution in [0.3, 0.4) is 0 Å². The molecule has 1 aliphatic heterocycles. The van der Waals surface area contributed by atoms with Gasteiger partial charge in [-0.1, -0.05) is 0 Å². The summed E-state index contributed by atoms with van der Waals surface area (Å²) in [5.41, 5.74) is 0.0165. The summed E-state index contributed by atoms with van der Waals surface area (Å²) in [5.74, 6) is 0.713. The Bertz CT molecular complexity index is 613. The Morgan fingerprint density at radius 2 is 2.04 bits per heavy atom. The summed E-state index contributed by atoms with van der Waals surface area (Å²) < 4.78 is 43.6. The number of sulfonamides is 1. The molecule has 1 unspecified atom stereocenters. The van der Waals surface area contributed by atoms with Crippen molar-refractivity contribution in [1.82, 2.24) is 0 Å². The number of ether oxygens (including phenoxy) is 3. The number of hydrogen-bond acceptors (Lipinski definition) is 5. The van der Waals surface area contributed by atoms with Gasteiger partial charge in [0.15, 0.2) is 0 Å². The largest absolute Gasteiger partial charge is 0.488 e. The van der Waals surface area contributed by atoms with Gasteiger partial charge >= 0.3 is 0 Å². The molecule has 0 spiro atoms. The van der Waals surface area contributed by atoms with Crippen LogP contribution in [0, 0.1) is 0 Å². The van der Waals surface area contributed by atoms with E-state index in [2.05, 4.69) is 4.72 Å². The molecule has 1 aromatic carbocycles. The summed E-state index contributed by atoms with van der Waals surface area (Å²) in [4.78, 5) is 0. The fourth-order valence-corrected chi connectivity index (χ4v) is 4.61. The van der Waals surface area contributed by atoms with Crippen LogP contribution in [-0.2, 0) is 19.5 Å². The van der Waals surface area contributed by atoms with Crippen LogP contribution in [-0.4, -0.2) is 46.2 Å². The van der Waals surface area contributed by atoms with Crippen molar-refractivity contribution < 1.29 is 22.6 Å². The normalized spacial score (nSPS) is 23.3. The number of rotatable bonds is 7. The molecule has 7 heteroatoms. The molecule has 1 saturated carbocycles. The minimum atomic E-state index is -3.44. The Balaban J connectivity index is 1.58. The molecular weight excluding hydrogens is 318 g/mol. The average Bonchev–Trinajstić information content (AvgIpc) is 2.98. The maximum Gasteiger partial charge on any atom is 0.235 e. The highest BCUT2D eigenvalue weighted by molar-refractivity contribution is 7.92. The van der Waals surface area contributed by atoms with Gasteiger partial charge in [-0.3, -0.25) is 4.72 Å². The quantitative estimate of drug-likeness (QED) is 0.823. The van der Waals surface area contributed by atoms with Gasteiger partial charge < -0.3 is 14.2 Å². The molecule has 0 aromatic heterocycles. The predicted molar refractivity (Wildman–Crippen MR) is 87.3 cm³/mol. The van der Waals surface area contributed by atoms with E-state index in [1.54, 1.807) is 31.4 Å². The number of anilines is 1. The zero-order valence-electron chi connectivity index (χ0n) is 13.3. The SMILES string of the molecule is COC1(CS(=O)(=O)Nc2ccc(OC3CCOC3)cc2)CCC1. The molecule has 0 bridgehead atoms. The van der Waals surface area contributed by atoms with Crippen LogP contribution in [0.4, 0.5) is 5.69 Å². The lowest BCUT2D eigenvalue weighted by Crippen LogP contribution is -2.46. The molecule has 6 nitrogen and oxygen atoms in total. The van der Waals surface area contributed by atoms with Gasteiger partial charge in [-0.05, 0) is 43.5 Å². The van der Waals surface area contributed by atoms with Crippen molar-refractivity contribution in [3.05, 3.63) is 24.3 Å². The van der Waals surface area contributed by atoms with Crippen LogP contribution in [0.1, 0.15) is 25.7 Å². The molecule has 128 valence electrons. The molecule has 23 heavy (non-hydrogen) atoms. The minimum Gasteiger partial charge on any atom is -0.488 e. The predicted octanol–water partition coefficient (Wildman–Crippen LogP) is 2.17. The lowest BCUT2D eigenvalue weighted by molar-refractivity contribution is -0.0524. The summed E-state index contributed by atoms with van der Waals surface area (Å²) in [7, 11) is -1.86. The van der Waals surface area contributed by atoms with Crippen LogP contribution in [0.5, 0.6) is 5.75 Å². The maximum atomic E-state index is 12.3. The number of benzene rings is 1. The van der Waals surface area contributed by atoms with Crippen molar-refractivity contribution in [3.63, 3.8) is 0 Å². The van der Waals surface area contributed by atoms with Crippen molar-refractivity contribution >= 4 is 15.7 Å². The first-order chi connectivity index (χ1) is 11.0. The fraction of sp³-hybridized carbons (Fsp3) is 0.625. The molecule has 0 amide bonds. The zero-order valence-corrected chi connectivity index (χ0v) is 14.1. The van der Waals surface area contributed by atoms with E-state index in [1.165, 1.54) is 0 Å². The van der Waals surface area contributed by atoms with Crippen molar-refractivity contribution in [1.29, 1.82) is 0 Å². The zero-order chi connectivity index (χ0) is 16.3. The van der Waals surface area contributed by atoms with E-state index in [0.717, 1.165) is 38.0 Å². The Labute approximate surface area is 137 Å². The molecule has 1 saturated heterocycles. The summed E-state index contributed by atoms with van der Waals surface area (Å²) >= 11 is 0. The third-order valence-corrected chi connectivity index (χ3v) is 5.92. The smallest absolute Gasteiger partial charge is 0.235 e. The minimum absolute atomic E-state index is 0.00579. The third kappa shape index (κ3) is 4.16. The number of methoxy groups -OCH3 is 1. The van der Waals surface area contributed by atoms with E-state index in [1.807, 2.05) is 0 Å². The second-order valence-corrected chi connectivity index (χ2v) is 7.95. The molecule has 1 N–H and O–H groups in total. The Morgan fingerprint density at radius 1 is 1.30 bits per heavy atom. The summed E-state index contributed by atoms with van der Waals surface area (Å²) in [6.07, 6.45) is 3.56. The number of hydrogen-bond donors (Lipinski definition) is 1. The van der Waals surface area contributed by atoms with Crippen LogP contribution in [0.15, 0.2) is 24.3 Å². The van der Waals surface area contributed by atoms with E-state index in [0.29, 0.717) is 12.3 Å². The van der Waals surface area contributed by atoms with Crippen molar-refractivity contribution in [2.24, 2.45) is 0 Å². The van der Waals surface area contributed by atoms with Gasteiger partial charge in [0.2, 0.25) is 10.0 Å². The summed E-state index contributed by atoms with van der Waals surface area (Å²) in [6.45, 7) is 1.33. The summed E-state index contributed by atoms with van der Waals surface area (Å²) in [5, 5.41) is 0. The van der Waals surface area contributed by atoms with Gasteiger partial charge in [-0.2, -0.15) is 0 Å². The highest BCUT2D eigenvalue weighted by Crippen LogP contribution is 2.36. The molecule has 1 heterocycles. The third-order valence-electron chi connectivity index (χ3n) is 4.47. The van der Waals surface area contributed by atoms with Gasteiger partial charge in [0.25, 0.3) is 0 Å². The molecular formula is C16H23NO5S. The second kappa shape index (κ2) is 6.67. The van der Waals surface area contributed by atoms with E-state index < -0.39 is 15.6 Å². The Kier molecular flexibility index (Phi) is 4.79. The lowest BCUT2D eigenvalue weighted by atomic mass is 9.82. The Hall–Kier alpha value is -1.31. The fourth-order valence-electron chi connectivity index (χ4n) is 2.94. The van der Waals surface area contributed by atoms with E-state index in [9.17, 15) is 8.42 Å². The lowest BCUT2D eigenvalue weighted by Gasteiger charge is -2.39. The molecule has 1 aliphatic carbocycles. The van der Waals surface area contributed by atoms with Crippen LogP contribution >= 0.6 is 0 Å². The van der Waals surface area contributed by atoms with Gasteiger partial charge in [-0.15, -0.1) is 0 Å².